The molecule has 0 bridgehead atoms. The van der Waals surface area contributed by atoms with Crippen LogP contribution in [0, 0.1) is 5.82 Å². The Balaban J connectivity index is 2.53. The molecule has 1 aromatic carbocycles. The van der Waals surface area contributed by atoms with Crippen LogP contribution in [-0.2, 0) is 6.42 Å². The number of pyridine rings is 1. The number of aryl methyl sites for hydroxylation is 1. The molecule has 0 saturated heterocycles. The molecule has 0 fully saturated rings. The maximum absolute atomic E-state index is 14.4. The van der Waals surface area contributed by atoms with Gasteiger partial charge in [-0.25, -0.2) is 4.39 Å². The normalized spacial score (nSPS) is 12.4. The number of benzene rings is 1. The van der Waals surface area contributed by atoms with Crippen LogP contribution in [0.2, 0.25) is 0 Å². The fourth-order valence-electron chi connectivity index (χ4n) is 2.31. The summed E-state index contributed by atoms with van der Waals surface area (Å²) in [6.07, 6.45) is 2.63. The van der Waals surface area contributed by atoms with Crippen LogP contribution < -0.4 is 5.32 Å². The molecule has 2 aromatic rings. The quantitative estimate of drug-likeness (QED) is 0.883. The summed E-state index contributed by atoms with van der Waals surface area (Å²) in [5.74, 6) is -0.230. The second-order valence-corrected chi connectivity index (χ2v) is 5.39. The van der Waals surface area contributed by atoms with E-state index in [-0.39, 0.29) is 11.9 Å². The van der Waals surface area contributed by atoms with Crippen LogP contribution in [0.3, 0.4) is 0 Å². The van der Waals surface area contributed by atoms with Crippen LogP contribution in [0.5, 0.6) is 0 Å². The second-order valence-electron chi connectivity index (χ2n) is 4.54. The Hall–Kier alpha value is -1.26. The summed E-state index contributed by atoms with van der Waals surface area (Å²) < 4.78 is 14.9. The lowest BCUT2D eigenvalue weighted by Gasteiger charge is -2.21. The molecule has 106 valence electrons. The molecular formula is C16H18BrFN2. The average molecular weight is 337 g/mol. The highest BCUT2D eigenvalue weighted by atomic mass is 79.9. The lowest BCUT2D eigenvalue weighted by molar-refractivity contribution is 0.545. The van der Waals surface area contributed by atoms with E-state index in [9.17, 15) is 4.39 Å². The predicted octanol–water partition coefficient (Wildman–Crippen LogP) is 4.24. The number of nitrogens with zero attached hydrogens (tertiary/aromatic N) is 1. The largest absolute Gasteiger partial charge is 0.305 e. The molecular weight excluding hydrogens is 319 g/mol. The summed E-state index contributed by atoms with van der Waals surface area (Å²) in [6.45, 7) is 4.84. The van der Waals surface area contributed by atoms with Gasteiger partial charge in [-0.2, -0.15) is 0 Å². The zero-order valence-corrected chi connectivity index (χ0v) is 13.2. The van der Waals surface area contributed by atoms with Gasteiger partial charge in [-0.1, -0.05) is 32.0 Å². The molecule has 1 heterocycles. The van der Waals surface area contributed by atoms with E-state index >= 15 is 0 Å². The Labute approximate surface area is 127 Å². The summed E-state index contributed by atoms with van der Waals surface area (Å²) >= 11 is 3.25. The monoisotopic (exact) mass is 336 g/mol. The molecule has 1 atom stereocenters. The molecule has 0 aliphatic rings. The van der Waals surface area contributed by atoms with Crippen LogP contribution in [0.4, 0.5) is 4.39 Å². The zero-order chi connectivity index (χ0) is 14.5. The van der Waals surface area contributed by atoms with Crippen molar-refractivity contribution in [1.82, 2.24) is 10.3 Å². The molecule has 0 aliphatic carbocycles. The number of halogens is 2. The average Bonchev–Trinajstić information content (AvgIpc) is 2.48. The van der Waals surface area contributed by atoms with Gasteiger partial charge < -0.3 is 5.32 Å². The van der Waals surface area contributed by atoms with E-state index in [0.717, 1.165) is 24.2 Å². The van der Waals surface area contributed by atoms with E-state index in [0.29, 0.717) is 10.0 Å². The maximum atomic E-state index is 14.4. The van der Waals surface area contributed by atoms with Gasteiger partial charge in [0, 0.05) is 11.8 Å². The first kappa shape index (κ1) is 15.1. The van der Waals surface area contributed by atoms with Gasteiger partial charge in [0.15, 0.2) is 0 Å². The predicted molar refractivity (Wildman–Crippen MR) is 83.2 cm³/mol. The van der Waals surface area contributed by atoms with E-state index in [2.05, 4.69) is 33.2 Å². The molecule has 0 saturated carbocycles. The molecule has 0 spiro atoms. The standard InChI is InChI=1S/C16H18BrFN2/c1-3-11-7-6-10-20-15(11)16(19-4-2)12-8-5-9-13(17)14(12)18/h5-10,16,19H,3-4H2,1-2H3. The van der Waals surface area contributed by atoms with Gasteiger partial charge in [0.25, 0.3) is 0 Å². The summed E-state index contributed by atoms with van der Waals surface area (Å²) in [4.78, 5) is 4.47. The van der Waals surface area contributed by atoms with E-state index < -0.39 is 0 Å². The van der Waals surface area contributed by atoms with Gasteiger partial charge in [-0.15, -0.1) is 0 Å². The Morgan fingerprint density at radius 3 is 2.75 bits per heavy atom. The second kappa shape index (κ2) is 6.95. The maximum Gasteiger partial charge on any atom is 0.142 e. The van der Waals surface area contributed by atoms with E-state index in [1.54, 1.807) is 12.3 Å². The minimum Gasteiger partial charge on any atom is -0.305 e. The van der Waals surface area contributed by atoms with E-state index in [1.165, 1.54) is 0 Å². The summed E-state index contributed by atoms with van der Waals surface area (Å²) in [5, 5.41) is 3.33. The molecule has 1 unspecified atom stereocenters. The molecule has 0 amide bonds. The van der Waals surface area contributed by atoms with Crippen molar-refractivity contribution in [3.05, 3.63) is 63.6 Å². The summed E-state index contributed by atoms with van der Waals surface area (Å²) in [7, 11) is 0. The van der Waals surface area contributed by atoms with Crippen molar-refractivity contribution in [2.75, 3.05) is 6.54 Å². The molecule has 1 N–H and O–H groups in total. The Morgan fingerprint density at radius 1 is 1.25 bits per heavy atom. The molecule has 0 radical (unpaired) electrons. The van der Waals surface area contributed by atoms with Gasteiger partial charge in [0.1, 0.15) is 5.82 Å². The van der Waals surface area contributed by atoms with Crippen molar-refractivity contribution in [1.29, 1.82) is 0 Å². The van der Waals surface area contributed by atoms with Crippen molar-refractivity contribution >= 4 is 15.9 Å². The highest BCUT2D eigenvalue weighted by Crippen LogP contribution is 2.29. The fraction of sp³-hybridized carbons (Fsp3) is 0.312. The third-order valence-electron chi connectivity index (χ3n) is 3.28. The lowest BCUT2D eigenvalue weighted by Crippen LogP contribution is -2.25. The van der Waals surface area contributed by atoms with Crippen molar-refractivity contribution in [3.8, 4) is 0 Å². The molecule has 1 aromatic heterocycles. The third kappa shape index (κ3) is 3.07. The highest BCUT2D eigenvalue weighted by Gasteiger charge is 2.21. The van der Waals surface area contributed by atoms with Crippen LogP contribution in [0.25, 0.3) is 0 Å². The first-order chi connectivity index (χ1) is 9.69. The number of aromatic nitrogens is 1. The van der Waals surface area contributed by atoms with E-state index in [1.807, 2.05) is 31.2 Å². The molecule has 20 heavy (non-hydrogen) atoms. The van der Waals surface area contributed by atoms with Crippen molar-refractivity contribution in [3.63, 3.8) is 0 Å². The number of rotatable bonds is 5. The topological polar surface area (TPSA) is 24.9 Å². The third-order valence-corrected chi connectivity index (χ3v) is 3.89. The summed E-state index contributed by atoms with van der Waals surface area (Å²) in [5.41, 5.74) is 2.65. The number of nitrogens with one attached hydrogen (secondary N) is 1. The van der Waals surface area contributed by atoms with Crippen molar-refractivity contribution < 1.29 is 4.39 Å². The molecule has 2 rings (SSSR count). The number of hydrogen-bond acceptors (Lipinski definition) is 2. The van der Waals surface area contributed by atoms with Crippen LogP contribution in [0.1, 0.15) is 36.7 Å². The molecule has 2 nitrogen and oxygen atoms in total. The zero-order valence-electron chi connectivity index (χ0n) is 11.7. The Morgan fingerprint density at radius 2 is 2.05 bits per heavy atom. The van der Waals surface area contributed by atoms with Crippen LogP contribution in [0.15, 0.2) is 41.0 Å². The summed E-state index contributed by atoms with van der Waals surface area (Å²) in [6, 6.07) is 9.10. The van der Waals surface area contributed by atoms with Crippen molar-refractivity contribution in [2.24, 2.45) is 0 Å². The van der Waals surface area contributed by atoms with Crippen molar-refractivity contribution in [2.45, 2.75) is 26.3 Å². The highest BCUT2D eigenvalue weighted by molar-refractivity contribution is 9.10. The van der Waals surface area contributed by atoms with Crippen LogP contribution >= 0.6 is 15.9 Å². The Kier molecular flexibility index (Phi) is 5.26. The first-order valence-electron chi connectivity index (χ1n) is 6.80. The number of hydrogen-bond donors (Lipinski definition) is 1. The lowest BCUT2D eigenvalue weighted by atomic mass is 9.97. The van der Waals surface area contributed by atoms with Gasteiger partial charge in [-0.3, -0.25) is 4.98 Å². The van der Waals surface area contributed by atoms with Gasteiger partial charge in [0.2, 0.25) is 0 Å². The Bertz CT molecular complexity index is 586. The van der Waals surface area contributed by atoms with Gasteiger partial charge in [0.05, 0.1) is 16.2 Å². The molecule has 0 aliphatic heterocycles. The smallest absolute Gasteiger partial charge is 0.142 e. The first-order valence-corrected chi connectivity index (χ1v) is 7.59. The fourth-order valence-corrected chi connectivity index (χ4v) is 2.69. The van der Waals surface area contributed by atoms with Gasteiger partial charge in [-0.05, 0) is 46.6 Å². The van der Waals surface area contributed by atoms with Crippen LogP contribution in [-0.4, -0.2) is 11.5 Å². The SMILES string of the molecule is CCNC(c1cccc(Br)c1F)c1ncccc1CC. The minimum atomic E-state index is -0.230. The van der Waals surface area contributed by atoms with Gasteiger partial charge >= 0.3 is 0 Å². The molecule has 4 heteroatoms. The minimum absolute atomic E-state index is 0.228. The van der Waals surface area contributed by atoms with E-state index in [4.69, 9.17) is 0 Å².